The van der Waals surface area contributed by atoms with Crippen molar-refractivity contribution in [2.45, 2.75) is 53.6 Å². The summed E-state index contributed by atoms with van der Waals surface area (Å²) in [5.41, 5.74) is -0.0669. The van der Waals surface area contributed by atoms with Gasteiger partial charge in [-0.25, -0.2) is 0 Å². The molecule has 1 rings (SSSR count). The minimum Gasteiger partial charge on any atom is -0.377 e. The Morgan fingerprint density at radius 3 is 2.05 bits per heavy atom. The molecule has 1 N–H and O–H groups in total. The van der Waals surface area contributed by atoms with Gasteiger partial charge in [0.15, 0.2) is 11.4 Å². The van der Waals surface area contributed by atoms with E-state index in [9.17, 15) is 9.90 Å². The van der Waals surface area contributed by atoms with Crippen molar-refractivity contribution < 1.29 is 9.90 Å². The topological polar surface area (TPSA) is 37.3 Å². The van der Waals surface area contributed by atoms with Gasteiger partial charge in [-0.15, -0.1) is 6.58 Å². The number of carbonyl (C=O) groups excluding carboxylic acids is 1. The molecular weight excluding hydrogens is 236 g/mol. The third-order valence-electron chi connectivity index (χ3n) is 3.55. The Labute approximate surface area is 116 Å². The number of allylic oxidation sites excluding steroid dienone is 2. The van der Waals surface area contributed by atoms with E-state index in [0.717, 1.165) is 11.1 Å². The lowest BCUT2D eigenvalue weighted by atomic mass is 9.67. The van der Waals surface area contributed by atoms with Gasteiger partial charge in [-0.05, 0) is 28.1 Å². The summed E-state index contributed by atoms with van der Waals surface area (Å²) in [7, 11) is 0. The van der Waals surface area contributed by atoms with Crippen molar-refractivity contribution in [2.75, 3.05) is 0 Å². The second-order valence-corrected chi connectivity index (χ2v) is 7.38. The normalized spacial score (nSPS) is 24.9. The monoisotopic (exact) mass is 262 g/mol. The molecule has 0 spiro atoms. The predicted octanol–water partition coefficient (Wildman–Crippen LogP) is 3.82. The molecule has 1 aliphatic rings. The third-order valence-corrected chi connectivity index (χ3v) is 3.55. The van der Waals surface area contributed by atoms with Crippen molar-refractivity contribution in [2.24, 2.45) is 10.8 Å². The number of carbonyl (C=O) groups is 1. The SMILES string of the molecule is C=CCC1(O)C(=O)C=C(C(C)(C)C)C=C1C(C)(C)C. The first-order valence-corrected chi connectivity index (χ1v) is 6.75. The van der Waals surface area contributed by atoms with Crippen LogP contribution in [0.15, 0.2) is 36.0 Å². The van der Waals surface area contributed by atoms with E-state index < -0.39 is 5.60 Å². The molecule has 2 heteroatoms. The average molecular weight is 262 g/mol. The molecule has 1 atom stereocenters. The Bertz CT molecular complexity index is 453. The number of aliphatic hydroxyl groups is 1. The molecular formula is C17H26O2. The minimum absolute atomic E-state index is 0.109. The van der Waals surface area contributed by atoms with Crippen LogP contribution >= 0.6 is 0 Å². The molecule has 19 heavy (non-hydrogen) atoms. The summed E-state index contributed by atoms with van der Waals surface area (Å²) in [5.74, 6) is -0.232. The minimum atomic E-state index is -1.44. The van der Waals surface area contributed by atoms with E-state index in [2.05, 4.69) is 27.4 Å². The first kappa shape index (κ1) is 15.9. The summed E-state index contributed by atoms with van der Waals surface area (Å²) in [6, 6.07) is 0. The van der Waals surface area contributed by atoms with Gasteiger partial charge in [-0.1, -0.05) is 53.7 Å². The van der Waals surface area contributed by atoms with Crippen molar-refractivity contribution in [3.05, 3.63) is 36.0 Å². The van der Waals surface area contributed by atoms with Crippen molar-refractivity contribution in [1.29, 1.82) is 0 Å². The van der Waals surface area contributed by atoms with Crippen LogP contribution in [-0.2, 0) is 4.79 Å². The average Bonchev–Trinajstić information content (AvgIpc) is 2.18. The van der Waals surface area contributed by atoms with Crippen LogP contribution in [0.1, 0.15) is 48.0 Å². The first-order valence-electron chi connectivity index (χ1n) is 6.75. The first-order chi connectivity index (χ1) is 8.43. The van der Waals surface area contributed by atoms with Gasteiger partial charge in [0.05, 0.1) is 0 Å². The molecule has 106 valence electrons. The summed E-state index contributed by atoms with van der Waals surface area (Å²) < 4.78 is 0. The molecule has 0 bridgehead atoms. The smallest absolute Gasteiger partial charge is 0.192 e. The van der Waals surface area contributed by atoms with Crippen LogP contribution in [0.3, 0.4) is 0 Å². The van der Waals surface area contributed by atoms with E-state index in [1.165, 1.54) is 0 Å². The molecule has 1 aliphatic carbocycles. The molecule has 1 unspecified atom stereocenters. The van der Waals surface area contributed by atoms with Crippen molar-refractivity contribution in [1.82, 2.24) is 0 Å². The van der Waals surface area contributed by atoms with Gasteiger partial charge in [-0.2, -0.15) is 0 Å². The van der Waals surface area contributed by atoms with Crippen molar-refractivity contribution in [3.8, 4) is 0 Å². The molecule has 0 saturated carbocycles. The second-order valence-electron chi connectivity index (χ2n) is 7.38. The molecule has 0 aromatic carbocycles. The maximum atomic E-state index is 12.4. The molecule has 0 aromatic rings. The van der Waals surface area contributed by atoms with Crippen molar-refractivity contribution >= 4 is 5.78 Å². The molecule has 0 fully saturated rings. The van der Waals surface area contributed by atoms with E-state index in [0.29, 0.717) is 0 Å². The van der Waals surface area contributed by atoms with Crippen molar-refractivity contribution in [3.63, 3.8) is 0 Å². The zero-order chi connectivity index (χ0) is 15.1. The molecule has 0 aromatic heterocycles. The van der Waals surface area contributed by atoms with Gasteiger partial charge in [0.25, 0.3) is 0 Å². The summed E-state index contributed by atoms with van der Waals surface area (Å²) in [4.78, 5) is 12.4. The molecule has 0 amide bonds. The fraction of sp³-hybridized carbons (Fsp3) is 0.588. The largest absolute Gasteiger partial charge is 0.377 e. The molecule has 2 nitrogen and oxygen atoms in total. The van der Waals surface area contributed by atoms with Crippen LogP contribution in [0.4, 0.5) is 0 Å². The van der Waals surface area contributed by atoms with Gasteiger partial charge in [-0.3, -0.25) is 4.79 Å². The Hall–Kier alpha value is -1.15. The molecule has 0 heterocycles. The van der Waals surface area contributed by atoms with Crippen LogP contribution < -0.4 is 0 Å². The Morgan fingerprint density at radius 1 is 1.16 bits per heavy atom. The third kappa shape index (κ3) is 3.06. The lowest BCUT2D eigenvalue weighted by molar-refractivity contribution is -0.129. The van der Waals surface area contributed by atoms with Crippen LogP contribution in [0, 0.1) is 10.8 Å². The van der Waals surface area contributed by atoms with Gasteiger partial charge in [0.2, 0.25) is 0 Å². The maximum absolute atomic E-state index is 12.4. The Morgan fingerprint density at radius 2 is 1.68 bits per heavy atom. The summed E-state index contributed by atoms with van der Waals surface area (Å²) in [5, 5.41) is 10.8. The van der Waals surface area contributed by atoms with E-state index in [1.807, 2.05) is 26.8 Å². The molecule has 0 radical (unpaired) electrons. The number of hydrogen-bond donors (Lipinski definition) is 1. The number of rotatable bonds is 2. The van der Waals surface area contributed by atoms with E-state index in [-0.39, 0.29) is 23.0 Å². The van der Waals surface area contributed by atoms with Crippen LogP contribution in [0.5, 0.6) is 0 Å². The lowest BCUT2D eigenvalue weighted by Gasteiger charge is -2.40. The second kappa shape index (κ2) is 4.75. The van der Waals surface area contributed by atoms with Crippen LogP contribution in [0.2, 0.25) is 0 Å². The zero-order valence-electron chi connectivity index (χ0n) is 13.0. The fourth-order valence-corrected chi connectivity index (χ4v) is 2.40. The maximum Gasteiger partial charge on any atom is 0.192 e. The highest BCUT2D eigenvalue weighted by molar-refractivity contribution is 6.02. The molecule has 0 aliphatic heterocycles. The van der Waals surface area contributed by atoms with E-state index >= 15 is 0 Å². The van der Waals surface area contributed by atoms with Gasteiger partial charge < -0.3 is 5.11 Å². The summed E-state index contributed by atoms with van der Waals surface area (Å²) in [6.07, 6.45) is 5.43. The highest BCUT2D eigenvalue weighted by Gasteiger charge is 2.45. The Balaban J connectivity index is 3.45. The number of hydrogen-bond acceptors (Lipinski definition) is 2. The Kier molecular flexibility index (Phi) is 3.98. The van der Waals surface area contributed by atoms with Gasteiger partial charge >= 0.3 is 0 Å². The standard InChI is InChI=1S/C17H26O2/c1-8-9-17(19)13(16(5,6)7)10-12(11-14(17)18)15(2,3)4/h8,10-11,19H,1,9H2,2-7H3. The predicted molar refractivity (Wildman–Crippen MR) is 79.8 cm³/mol. The van der Waals surface area contributed by atoms with E-state index in [1.54, 1.807) is 12.2 Å². The number of ketones is 1. The lowest BCUT2D eigenvalue weighted by Crippen LogP contribution is -2.46. The summed E-state index contributed by atoms with van der Waals surface area (Å²) >= 11 is 0. The van der Waals surface area contributed by atoms with Gasteiger partial charge in [0.1, 0.15) is 0 Å². The fourth-order valence-electron chi connectivity index (χ4n) is 2.40. The van der Waals surface area contributed by atoms with Crippen LogP contribution in [0.25, 0.3) is 0 Å². The highest BCUT2D eigenvalue weighted by atomic mass is 16.3. The quantitative estimate of drug-likeness (QED) is 0.768. The highest BCUT2D eigenvalue weighted by Crippen LogP contribution is 2.43. The summed E-state index contributed by atoms with van der Waals surface area (Å²) in [6.45, 7) is 15.9. The molecule has 0 saturated heterocycles. The zero-order valence-corrected chi connectivity index (χ0v) is 13.0. The van der Waals surface area contributed by atoms with Gasteiger partial charge in [0, 0.05) is 6.42 Å². The van der Waals surface area contributed by atoms with Crippen LogP contribution in [-0.4, -0.2) is 16.5 Å². The van der Waals surface area contributed by atoms with E-state index in [4.69, 9.17) is 0 Å².